The molecule has 0 unspecified atom stereocenters. The monoisotopic (exact) mass is 332 g/mol. The molecule has 0 aromatic rings. The molecule has 4 fully saturated rings. The first-order valence-corrected chi connectivity index (χ1v) is 10.5. The fraction of sp³-hybridized carbons (Fsp3) is 0.955. The van der Waals surface area contributed by atoms with Gasteiger partial charge in [0.15, 0.2) is 0 Å². The van der Waals surface area contributed by atoms with Gasteiger partial charge in [-0.3, -0.25) is 4.79 Å². The van der Waals surface area contributed by atoms with Gasteiger partial charge in [-0.25, -0.2) is 0 Å². The lowest BCUT2D eigenvalue weighted by atomic mass is 9.43. The number of hydrogen-bond donors (Lipinski definition) is 1. The number of rotatable bonds is 1. The van der Waals surface area contributed by atoms with Gasteiger partial charge < -0.3 is 5.11 Å². The summed E-state index contributed by atoms with van der Waals surface area (Å²) in [7, 11) is 0. The lowest BCUT2D eigenvalue weighted by Crippen LogP contribution is -2.56. The Balaban J connectivity index is 1.63. The topological polar surface area (TPSA) is 37.3 Å². The summed E-state index contributed by atoms with van der Waals surface area (Å²) in [6.45, 7) is 9.11. The van der Waals surface area contributed by atoms with Crippen LogP contribution in [0.3, 0.4) is 0 Å². The Kier molecular flexibility index (Phi) is 3.95. The highest BCUT2D eigenvalue weighted by atomic mass is 16.3. The van der Waals surface area contributed by atoms with Crippen molar-refractivity contribution in [1.29, 1.82) is 0 Å². The number of carbonyl (C=O) groups excluding carboxylic acids is 1. The second-order valence-electron chi connectivity index (χ2n) is 10.3. The van der Waals surface area contributed by atoms with Gasteiger partial charge in [0.2, 0.25) is 0 Å². The second-order valence-corrected chi connectivity index (χ2v) is 10.3. The zero-order valence-electron chi connectivity index (χ0n) is 16.1. The SMILES string of the molecule is CC(=O)[C@H]1CC[C@H]2[C@@H]3CC[C@H]4[C@H](C)[C@@H](O)CC[C@]4(C)[C@H]3CC[C@]12C. The first-order chi connectivity index (χ1) is 11.3. The van der Waals surface area contributed by atoms with Crippen molar-refractivity contribution in [2.24, 2.45) is 46.3 Å². The Bertz CT molecular complexity index is 528. The number of ketones is 1. The summed E-state index contributed by atoms with van der Waals surface area (Å²) in [6.07, 6.45) is 9.75. The molecule has 2 heteroatoms. The van der Waals surface area contributed by atoms with E-state index in [9.17, 15) is 9.90 Å². The fourth-order valence-corrected chi connectivity index (χ4v) is 8.38. The number of carbonyl (C=O) groups is 1. The molecule has 0 bridgehead atoms. The molecule has 136 valence electrons. The summed E-state index contributed by atoms with van der Waals surface area (Å²) >= 11 is 0. The zero-order valence-corrected chi connectivity index (χ0v) is 16.1. The molecule has 0 aromatic heterocycles. The van der Waals surface area contributed by atoms with Gasteiger partial charge in [-0.2, -0.15) is 0 Å². The van der Waals surface area contributed by atoms with Crippen LogP contribution in [0.15, 0.2) is 0 Å². The molecule has 4 saturated carbocycles. The fourth-order valence-electron chi connectivity index (χ4n) is 8.38. The van der Waals surface area contributed by atoms with Gasteiger partial charge >= 0.3 is 0 Å². The molecular formula is C22H36O2. The summed E-state index contributed by atoms with van der Waals surface area (Å²) < 4.78 is 0. The van der Waals surface area contributed by atoms with Crippen molar-refractivity contribution in [3.8, 4) is 0 Å². The predicted octanol–water partition coefficient (Wildman–Crippen LogP) is 4.84. The normalized spacial score (nSPS) is 57.0. The number of hydrogen-bond acceptors (Lipinski definition) is 2. The molecule has 9 atom stereocenters. The summed E-state index contributed by atoms with van der Waals surface area (Å²) in [5.41, 5.74) is 0.702. The van der Waals surface area contributed by atoms with Gasteiger partial charge in [0.1, 0.15) is 5.78 Å². The van der Waals surface area contributed by atoms with E-state index >= 15 is 0 Å². The van der Waals surface area contributed by atoms with Gasteiger partial charge in [-0.1, -0.05) is 20.8 Å². The largest absolute Gasteiger partial charge is 0.393 e. The van der Waals surface area contributed by atoms with Gasteiger partial charge in [0, 0.05) is 5.92 Å². The molecule has 4 aliphatic rings. The molecule has 0 aromatic carbocycles. The van der Waals surface area contributed by atoms with Crippen molar-refractivity contribution in [2.75, 3.05) is 0 Å². The third-order valence-electron chi connectivity index (χ3n) is 9.65. The van der Waals surface area contributed by atoms with Crippen molar-refractivity contribution < 1.29 is 9.90 Å². The van der Waals surface area contributed by atoms with Gasteiger partial charge in [-0.15, -0.1) is 0 Å². The number of fused-ring (bicyclic) bond motifs is 5. The first-order valence-electron chi connectivity index (χ1n) is 10.5. The molecule has 0 saturated heterocycles. The summed E-state index contributed by atoms with van der Waals surface area (Å²) in [5, 5.41) is 10.4. The minimum atomic E-state index is -0.0814. The highest BCUT2D eigenvalue weighted by Crippen LogP contribution is 2.68. The Morgan fingerprint density at radius 1 is 0.875 bits per heavy atom. The molecule has 0 heterocycles. The van der Waals surface area contributed by atoms with E-state index < -0.39 is 0 Å². The quantitative estimate of drug-likeness (QED) is 0.746. The lowest BCUT2D eigenvalue weighted by molar-refractivity contribution is -0.151. The average molecular weight is 333 g/mol. The third kappa shape index (κ3) is 2.14. The van der Waals surface area contributed by atoms with E-state index in [2.05, 4.69) is 20.8 Å². The molecule has 0 spiro atoms. The van der Waals surface area contributed by atoms with Crippen LogP contribution in [-0.4, -0.2) is 17.0 Å². The molecule has 0 radical (unpaired) electrons. The van der Waals surface area contributed by atoms with Crippen LogP contribution in [0.1, 0.15) is 79.1 Å². The maximum Gasteiger partial charge on any atom is 0.133 e. The zero-order chi connectivity index (χ0) is 17.3. The predicted molar refractivity (Wildman–Crippen MR) is 96.5 cm³/mol. The van der Waals surface area contributed by atoms with E-state index in [1.165, 1.54) is 38.5 Å². The summed E-state index contributed by atoms with van der Waals surface area (Å²) in [6, 6.07) is 0. The van der Waals surface area contributed by atoms with E-state index in [1.54, 1.807) is 0 Å². The number of aliphatic hydroxyl groups is 1. The Morgan fingerprint density at radius 3 is 2.21 bits per heavy atom. The van der Waals surface area contributed by atoms with Crippen LogP contribution < -0.4 is 0 Å². The van der Waals surface area contributed by atoms with Gasteiger partial charge in [-0.05, 0) is 98.7 Å². The maximum atomic E-state index is 12.2. The van der Waals surface area contributed by atoms with Crippen LogP contribution in [-0.2, 0) is 4.79 Å². The minimum absolute atomic E-state index is 0.0814. The minimum Gasteiger partial charge on any atom is -0.393 e. The van der Waals surface area contributed by atoms with Gasteiger partial charge in [0.05, 0.1) is 6.10 Å². The molecule has 2 nitrogen and oxygen atoms in total. The van der Waals surface area contributed by atoms with E-state index in [-0.39, 0.29) is 11.5 Å². The third-order valence-corrected chi connectivity index (χ3v) is 9.65. The van der Waals surface area contributed by atoms with Crippen LogP contribution in [0.5, 0.6) is 0 Å². The lowest BCUT2D eigenvalue weighted by Gasteiger charge is -2.62. The molecule has 1 N–H and O–H groups in total. The Morgan fingerprint density at radius 2 is 1.50 bits per heavy atom. The van der Waals surface area contributed by atoms with Crippen LogP contribution in [0.25, 0.3) is 0 Å². The van der Waals surface area contributed by atoms with Gasteiger partial charge in [0.25, 0.3) is 0 Å². The summed E-state index contributed by atoms with van der Waals surface area (Å²) in [4.78, 5) is 12.2. The molecule has 0 aliphatic heterocycles. The average Bonchev–Trinajstić information content (AvgIpc) is 2.89. The maximum absolute atomic E-state index is 12.2. The van der Waals surface area contributed by atoms with Crippen molar-refractivity contribution >= 4 is 5.78 Å². The molecule has 24 heavy (non-hydrogen) atoms. The molecule has 4 aliphatic carbocycles. The summed E-state index contributed by atoms with van der Waals surface area (Å²) in [5.74, 6) is 4.36. The molecule has 4 rings (SSSR count). The van der Waals surface area contributed by atoms with E-state index in [0.717, 1.165) is 30.6 Å². The van der Waals surface area contributed by atoms with Crippen LogP contribution >= 0.6 is 0 Å². The molecule has 0 amide bonds. The highest BCUT2D eigenvalue weighted by Gasteiger charge is 2.61. The van der Waals surface area contributed by atoms with Crippen molar-refractivity contribution in [2.45, 2.75) is 85.2 Å². The highest BCUT2D eigenvalue weighted by molar-refractivity contribution is 5.79. The Labute approximate surface area is 147 Å². The first kappa shape index (κ1) is 17.1. The standard InChI is InChI=1S/C22H36O2/c1-13-16-6-5-15-18-8-7-17(14(2)23)22(18,4)11-9-19(15)21(16,3)12-10-20(13)24/h13,15-20,24H,5-12H2,1-4H3/t13-,15-,16-,17+,18-,19-,20-,21-,22+/m0/s1. The van der Waals surface area contributed by atoms with Crippen molar-refractivity contribution in [3.05, 3.63) is 0 Å². The van der Waals surface area contributed by atoms with Crippen LogP contribution in [0.2, 0.25) is 0 Å². The van der Waals surface area contributed by atoms with E-state index in [0.29, 0.717) is 29.0 Å². The van der Waals surface area contributed by atoms with Crippen LogP contribution in [0, 0.1) is 46.3 Å². The second kappa shape index (κ2) is 5.56. The Hall–Kier alpha value is -0.370. The number of Topliss-reactive ketones (excluding diaryl/α,β-unsaturated/α-hetero) is 1. The molecular weight excluding hydrogens is 296 g/mol. The van der Waals surface area contributed by atoms with Crippen molar-refractivity contribution in [1.82, 2.24) is 0 Å². The van der Waals surface area contributed by atoms with E-state index in [1.807, 2.05) is 6.92 Å². The number of aliphatic hydroxyl groups excluding tert-OH is 1. The smallest absolute Gasteiger partial charge is 0.133 e. The van der Waals surface area contributed by atoms with Crippen LogP contribution in [0.4, 0.5) is 0 Å². The van der Waals surface area contributed by atoms with Crippen molar-refractivity contribution in [3.63, 3.8) is 0 Å². The van der Waals surface area contributed by atoms with E-state index in [4.69, 9.17) is 0 Å².